The van der Waals surface area contributed by atoms with E-state index in [1.165, 1.54) is 6.08 Å². The van der Waals surface area contributed by atoms with Crippen LogP contribution in [0.15, 0.2) is 58.6 Å². The van der Waals surface area contributed by atoms with Gasteiger partial charge in [-0.1, -0.05) is 36.4 Å². The smallest absolute Gasteiger partial charge is 0.213 e. The zero-order chi connectivity index (χ0) is 19.9. The highest BCUT2D eigenvalue weighted by Gasteiger charge is 2.10. The number of rotatable bonds is 7. The fourth-order valence-corrected chi connectivity index (χ4v) is 3.12. The molecule has 3 rings (SSSR count). The van der Waals surface area contributed by atoms with Crippen LogP contribution in [0.25, 0.3) is 6.08 Å². The molecule has 1 N–H and O–H groups in total. The molecule has 0 atom stereocenters. The summed E-state index contributed by atoms with van der Waals surface area (Å²) in [7, 11) is 0. The fraction of sp³-hybridized carbons (Fsp3) is 0.100. The molecule has 0 fully saturated rings. The molecule has 0 aliphatic carbocycles. The number of nitrogens with zero attached hydrogens (tertiary/aromatic N) is 3. The van der Waals surface area contributed by atoms with Crippen LogP contribution in [0.3, 0.4) is 0 Å². The number of ether oxygens (including phenoxy) is 1. The number of H-pyrrole nitrogens is 1. The van der Waals surface area contributed by atoms with Crippen molar-refractivity contribution in [1.82, 2.24) is 15.2 Å². The third kappa shape index (κ3) is 4.78. The number of aliphatic carboxylic acids is 1. The largest absolute Gasteiger partial charge is 0.544 e. The first kappa shape index (κ1) is 19.2. The van der Waals surface area contributed by atoms with Gasteiger partial charge in [0.2, 0.25) is 5.16 Å². The maximum atomic E-state index is 11.5. The van der Waals surface area contributed by atoms with Crippen LogP contribution in [0.2, 0.25) is 0 Å². The molecular weight excluding hydrogens is 376 g/mol. The summed E-state index contributed by atoms with van der Waals surface area (Å²) in [5.41, 5.74) is 1.84. The number of nitriles is 1. The average Bonchev–Trinajstić information content (AvgIpc) is 3.11. The molecule has 8 heteroatoms. The van der Waals surface area contributed by atoms with Gasteiger partial charge in [0.15, 0.2) is 0 Å². The summed E-state index contributed by atoms with van der Waals surface area (Å²) in [6.07, 6.45) is 1.46. The van der Waals surface area contributed by atoms with E-state index in [-0.39, 0.29) is 16.7 Å². The number of aromatic amines is 1. The predicted octanol–water partition coefficient (Wildman–Crippen LogP) is 2.45. The van der Waals surface area contributed by atoms with Gasteiger partial charge < -0.3 is 14.6 Å². The normalized spacial score (nSPS) is 11.1. The zero-order valence-electron chi connectivity index (χ0n) is 14.9. The van der Waals surface area contributed by atoms with Gasteiger partial charge in [-0.3, -0.25) is 5.10 Å². The van der Waals surface area contributed by atoms with Gasteiger partial charge in [0.05, 0.1) is 17.6 Å². The molecule has 3 aromatic rings. The Labute approximate surface area is 165 Å². The van der Waals surface area contributed by atoms with E-state index in [1.54, 1.807) is 43.3 Å². The Balaban J connectivity index is 1.84. The van der Waals surface area contributed by atoms with Crippen molar-refractivity contribution in [3.63, 3.8) is 0 Å². The number of hydrogen-bond acceptors (Lipinski definition) is 7. The minimum atomic E-state index is -1.34. The summed E-state index contributed by atoms with van der Waals surface area (Å²) >= 11 is 0.889. The fourth-order valence-electron chi connectivity index (χ4n) is 2.38. The summed E-state index contributed by atoms with van der Waals surface area (Å²) in [6.45, 7) is 1.91. The molecule has 140 valence electrons. The van der Waals surface area contributed by atoms with Crippen LogP contribution in [0, 0.1) is 18.3 Å². The lowest BCUT2D eigenvalue weighted by Gasteiger charge is -2.12. The van der Waals surface area contributed by atoms with Gasteiger partial charge in [-0.2, -0.15) is 5.26 Å². The number of benzene rings is 2. The molecule has 28 heavy (non-hydrogen) atoms. The Morgan fingerprint density at radius 2 is 2.04 bits per heavy atom. The van der Waals surface area contributed by atoms with Crippen LogP contribution in [-0.4, -0.2) is 21.2 Å². The van der Waals surface area contributed by atoms with Crippen LogP contribution in [0.1, 0.15) is 22.5 Å². The molecular formula is C20H15N4O3S-. The lowest BCUT2D eigenvalue weighted by molar-refractivity contribution is -0.297. The number of aromatic nitrogens is 3. The van der Waals surface area contributed by atoms with Gasteiger partial charge >= 0.3 is 0 Å². The van der Waals surface area contributed by atoms with E-state index in [1.807, 2.05) is 12.1 Å². The maximum Gasteiger partial charge on any atom is 0.213 e. The van der Waals surface area contributed by atoms with E-state index in [0.717, 1.165) is 17.3 Å². The van der Waals surface area contributed by atoms with Crippen LogP contribution in [0.4, 0.5) is 0 Å². The second-order valence-corrected chi connectivity index (χ2v) is 6.71. The second-order valence-electron chi connectivity index (χ2n) is 5.70. The van der Waals surface area contributed by atoms with E-state index in [2.05, 4.69) is 21.3 Å². The number of carboxylic acids is 1. The molecule has 2 aromatic carbocycles. The van der Waals surface area contributed by atoms with E-state index in [4.69, 9.17) is 4.74 Å². The molecule has 0 unspecified atom stereocenters. The van der Waals surface area contributed by atoms with Crippen molar-refractivity contribution in [3.8, 4) is 11.8 Å². The Bertz CT molecular complexity index is 1070. The van der Waals surface area contributed by atoms with Gasteiger partial charge in [0.1, 0.15) is 18.2 Å². The highest BCUT2D eigenvalue weighted by atomic mass is 32.2. The van der Waals surface area contributed by atoms with Gasteiger partial charge in [0.25, 0.3) is 0 Å². The molecule has 0 radical (unpaired) electrons. The average molecular weight is 391 g/mol. The maximum absolute atomic E-state index is 11.5. The lowest BCUT2D eigenvalue weighted by atomic mass is 10.1. The molecule has 1 heterocycles. The van der Waals surface area contributed by atoms with Gasteiger partial charge in [0, 0.05) is 16.0 Å². The van der Waals surface area contributed by atoms with E-state index in [0.29, 0.717) is 22.7 Å². The number of aryl methyl sites for hydroxylation is 1. The van der Waals surface area contributed by atoms with E-state index >= 15 is 0 Å². The number of nitrogens with one attached hydrogen (secondary N) is 1. The van der Waals surface area contributed by atoms with E-state index < -0.39 is 5.97 Å². The third-order valence-electron chi connectivity index (χ3n) is 3.71. The lowest BCUT2D eigenvalue weighted by Crippen LogP contribution is -2.23. The summed E-state index contributed by atoms with van der Waals surface area (Å²) in [5, 5.41) is 27.6. The summed E-state index contributed by atoms with van der Waals surface area (Å²) < 4.78 is 5.84. The number of carboxylic acid groups (broad SMARTS) is 1. The van der Waals surface area contributed by atoms with Crippen molar-refractivity contribution in [2.24, 2.45) is 0 Å². The standard InChI is InChI=1S/C20H16N4O3S/c1-13-22-20(24-23-13)28-18(19(25)26)10-14-6-4-5-9-17(14)27-12-16-8-3-2-7-15(16)11-21/h2-10H,12H2,1H3,(H,25,26)(H,22,23,24)/p-1/b18-10-. The number of thioether (sulfide) groups is 1. The van der Waals surface area contributed by atoms with Crippen LogP contribution in [0.5, 0.6) is 5.75 Å². The van der Waals surface area contributed by atoms with Crippen LogP contribution >= 0.6 is 11.8 Å². The highest BCUT2D eigenvalue weighted by Crippen LogP contribution is 2.29. The number of carbonyl (C=O) groups excluding carboxylic acids is 1. The van der Waals surface area contributed by atoms with Crippen molar-refractivity contribution in [2.45, 2.75) is 18.7 Å². The zero-order valence-corrected chi connectivity index (χ0v) is 15.7. The van der Waals surface area contributed by atoms with Gasteiger partial charge in [-0.15, -0.1) is 5.10 Å². The minimum Gasteiger partial charge on any atom is -0.544 e. The minimum absolute atomic E-state index is 0.0486. The summed E-state index contributed by atoms with van der Waals surface area (Å²) in [4.78, 5) is 15.6. The first-order valence-corrected chi connectivity index (χ1v) is 9.08. The Morgan fingerprint density at radius 1 is 1.29 bits per heavy atom. The van der Waals surface area contributed by atoms with Gasteiger partial charge in [-0.25, -0.2) is 4.98 Å². The van der Waals surface area contributed by atoms with Crippen LogP contribution in [-0.2, 0) is 11.4 Å². The number of hydrogen-bond donors (Lipinski definition) is 1. The molecule has 0 aliphatic heterocycles. The first-order chi connectivity index (χ1) is 13.6. The topological polar surface area (TPSA) is 115 Å². The monoisotopic (exact) mass is 391 g/mol. The molecule has 0 spiro atoms. The summed E-state index contributed by atoms with van der Waals surface area (Å²) in [5.74, 6) is -0.266. The molecule has 0 aliphatic rings. The second kappa shape index (κ2) is 8.88. The van der Waals surface area contributed by atoms with Crippen molar-refractivity contribution in [1.29, 1.82) is 5.26 Å². The number of carbonyl (C=O) groups is 1. The van der Waals surface area contributed by atoms with Crippen LogP contribution < -0.4 is 9.84 Å². The Kier molecular flexibility index (Phi) is 6.09. The Hall–Kier alpha value is -3.57. The molecule has 7 nitrogen and oxygen atoms in total. The van der Waals surface area contributed by atoms with Crippen molar-refractivity contribution >= 4 is 23.8 Å². The Morgan fingerprint density at radius 3 is 2.75 bits per heavy atom. The molecule has 0 saturated carbocycles. The third-order valence-corrected chi connectivity index (χ3v) is 4.58. The van der Waals surface area contributed by atoms with Crippen molar-refractivity contribution in [2.75, 3.05) is 0 Å². The molecule has 0 saturated heterocycles. The molecule has 1 aromatic heterocycles. The van der Waals surface area contributed by atoms with Gasteiger partial charge in [-0.05, 0) is 36.9 Å². The summed E-state index contributed by atoms with van der Waals surface area (Å²) in [6, 6.07) is 16.3. The highest BCUT2D eigenvalue weighted by molar-refractivity contribution is 8.04. The van der Waals surface area contributed by atoms with E-state index in [9.17, 15) is 15.2 Å². The quantitative estimate of drug-likeness (QED) is 0.486. The number of para-hydroxylation sites is 1. The molecule has 0 amide bonds. The van der Waals surface area contributed by atoms with Crippen molar-refractivity contribution < 1.29 is 14.6 Å². The van der Waals surface area contributed by atoms with Crippen molar-refractivity contribution in [3.05, 3.63) is 76.0 Å². The first-order valence-electron chi connectivity index (χ1n) is 8.26. The molecule has 0 bridgehead atoms. The SMILES string of the molecule is Cc1nc(S/C(=C\c2ccccc2OCc2ccccc2C#N)C(=O)[O-])n[nH]1. The predicted molar refractivity (Wildman–Crippen MR) is 102 cm³/mol.